The zero-order valence-corrected chi connectivity index (χ0v) is 36.7. The minimum Gasteiger partial charge on any atom is -0.377 e. The number of likely N-dealkylation sites (tertiary alicyclic amines) is 1. The third-order valence-corrected chi connectivity index (χ3v) is 12.1. The van der Waals surface area contributed by atoms with Gasteiger partial charge in [-0.05, 0) is 120 Å². The lowest BCUT2D eigenvalue weighted by Crippen LogP contribution is -2.34. The molecule has 3 aliphatic rings. The quantitative estimate of drug-likeness (QED) is 0.0954. The number of ether oxygens (including phenoxy) is 1. The van der Waals surface area contributed by atoms with E-state index in [1.807, 2.05) is 53.8 Å². The molecule has 0 aliphatic carbocycles. The summed E-state index contributed by atoms with van der Waals surface area (Å²) in [5.41, 5.74) is 15.2. The highest BCUT2D eigenvalue weighted by molar-refractivity contribution is 14.2. The Labute approximate surface area is 331 Å². The summed E-state index contributed by atoms with van der Waals surface area (Å²) >= 11 is 2.43. The van der Waals surface area contributed by atoms with Gasteiger partial charge in [0.2, 0.25) is 0 Å². The van der Waals surface area contributed by atoms with E-state index in [2.05, 4.69) is 128 Å². The Morgan fingerprint density at radius 3 is 2.31 bits per heavy atom. The SMILES string of the molecule is C=CC(OC)C1CC[N+](=Cc2ccc(C3CCN(C/C(C)=C/c4c(-c5ccc6c(c5)CNN6PI)ccnc4C)CC3)cc2)CC1.CC.CC.CC. The van der Waals surface area contributed by atoms with Crippen LogP contribution in [0.2, 0.25) is 0 Å². The van der Waals surface area contributed by atoms with E-state index in [-0.39, 0.29) is 6.10 Å². The lowest BCUT2D eigenvalue weighted by molar-refractivity contribution is -0.537. The second-order valence-corrected chi connectivity index (χ2v) is 15.2. The van der Waals surface area contributed by atoms with E-state index in [0.717, 1.165) is 57.8 Å². The van der Waals surface area contributed by atoms with Gasteiger partial charge in [0.05, 0.1) is 18.2 Å². The van der Waals surface area contributed by atoms with Gasteiger partial charge in [-0.25, -0.2) is 10.0 Å². The molecule has 0 amide bonds. The van der Waals surface area contributed by atoms with Crippen molar-refractivity contribution >= 4 is 46.4 Å². The van der Waals surface area contributed by atoms with Gasteiger partial charge in [0.15, 0.2) is 6.21 Å². The number of nitrogens with one attached hydrogen (secondary N) is 1. The molecule has 2 saturated heterocycles. The van der Waals surface area contributed by atoms with Gasteiger partial charge in [-0.3, -0.25) is 14.7 Å². The van der Waals surface area contributed by atoms with Crippen LogP contribution in [0.1, 0.15) is 108 Å². The molecule has 8 heteroatoms. The first kappa shape index (κ1) is 44.0. The minimum absolute atomic E-state index is 0.178. The van der Waals surface area contributed by atoms with Crippen molar-refractivity contribution in [3.05, 3.63) is 101 Å². The molecule has 4 heterocycles. The van der Waals surface area contributed by atoms with Crippen molar-refractivity contribution in [2.45, 2.75) is 99.6 Å². The fourth-order valence-electron chi connectivity index (χ4n) is 7.44. The molecule has 3 aromatic rings. The predicted octanol–water partition coefficient (Wildman–Crippen LogP) is 11.2. The zero-order valence-electron chi connectivity index (χ0n) is 33.5. The van der Waals surface area contributed by atoms with Crippen LogP contribution in [0, 0.1) is 12.8 Å². The number of aryl methyl sites for hydroxylation is 1. The van der Waals surface area contributed by atoms with Crippen LogP contribution in [-0.4, -0.2) is 66.6 Å². The molecule has 0 saturated carbocycles. The van der Waals surface area contributed by atoms with Gasteiger partial charge < -0.3 is 4.74 Å². The van der Waals surface area contributed by atoms with Crippen LogP contribution in [0.5, 0.6) is 0 Å². The fraction of sp³-hybridized carbons (Fsp3) is 0.500. The molecule has 0 bridgehead atoms. The normalized spacial score (nSPS) is 18.3. The molecule has 6 nitrogen and oxygen atoms in total. The van der Waals surface area contributed by atoms with Crippen molar-refractivity contribution in [1.82, 2.24) is 15.3 Å². The molecule has 3 aliphatic heterocycles. The highest BCUT2D eigenvalue weighted by Gasteiger charge is 2.27. The summed E-state index contributed by atoms with van der Waals surface area (Å²) in [5.74, 6) is 1.22. The lowest BCUT2D eigenvalue weighted by Gasteiger charge is -2.32. The number of anilines is 1. The largest absolute Gasteiger partial charge is 0.377 e. The number of piperidine rings is 2. The number of nitrogens with zero attached hydrogens (tertiary/aromatic N) is 4. The second kappa shape index (κ2) is 23.4. The maximum atomic E-state index is 5.60. The Bertz CT molecular complexity index is 1570. The monoisotopic (exact) mass is 838 g/mol. The number of methoxy groups -OCH3 is 1. The first-order chi connectivity index (χ1) is 25.4. The zero-order chi connectivity index (χ0) is 38.0. The summed E-state index contributed by atoms with van der Waals surface area (Å²) in [5, 5.41) is 0. The van der Waals surface area contributed by atoms with E-state index in [1.165, 1.54) is 57.5 Å². The van der Waals surface area contributed by atoms with Gasteiger partial charge in [-0.1, -0.05) is 77.5 Å². The van der Waals surface area contributed by atoms with Crippen LogP contribution >= 0.6 is 28.4 Å². The topological polar surface area (TPSA) is 43.6 Å². The Hall–Kier alpha value is -2.42. The standard InChI is InChI=1S/C38H48IN5OP.3C2H6/c1-5-38(45-4)32-15-20-43(21-16-32)26-29-6-8-30(9-7-29)31-13-18-42(19-14-31)25-27(2)22-36-28(3)40-17-12-35(36)33-10-11-37-34(23-33)24-41-44(37)46-39;3*1-2/h5-12,17,22-23,26,31-32,38,41,46H,1,13-16,18-21,24-25H2,2-4H3;3*1-2H3/q+1;;;/b27-22+,43-26?;;;. The van der Waals surface area contributed by atoms with Gasteiger partial charge >= 0.3 is 0 Å². The van der Waals surface area contributed by atoms with Crippen LogP contribution in [0.3, 0.4) is 0 Å². The molecule has 6 rings (SSSR count). The van der Waals surface area contributed by atoms with E-state index >= 15 is 0 Å². The number of pyridine rings is 1. The number of benzene rings is 2. The van der Waals surface area contributed by atoms with Crippen molar-refractivity contribution in [3.8, 4) is 11.1 Å². The Kier molecular flexibility index (Phi) is 19.8. The predicted molar refractivity (Wildman–Crippen MR) is 237 cm³/mol. The van der Waals surface area contributed by atoms with Gasteiger partial charge in [-0.15, -0.1) is 6.58 Å². The summed E-state index contributed by atoms with van der Waals surface area (Å²) in [7, 11) is 1.79. The molecule has 2 atom stereocenters. The number of hydrogen-bond donors (Lipinski definition) is 1. The van der Waals surface area contributed by atoms with Crippen molar-refractivity contribution in [1.29, 1.82) is 0 Å². The maximum Gasteiger partial charge on any atom is 0.170 e. The summed E-state index contributed by atoms with van der Waals surface area (Å²) < 4.78 is 10.3. The smallest absolute Gasteiger partial charge is 0.170 e. The second-order valence-electron chi connectivity index (χ2n) is 13.1. The minimum atomic E-state index is 0.178. The van der Waals surface area contributed by atoms with E-state index in [0.29, 0.717) is 18.2 Å². The maximum absolute atomic E-state index is 5.60. The summed E-state index contributed by atoms with van der Waals surface area (Å²) in [6.07, 6.45) is 14.2. The molecule has 1 aromatic heterocycles. The Morgan fingerprint density at radius 1 is 1.02 bits per heavy atom. The fourth-order valence-corrected chi connectivity index (χ4v) is 9.18. The third-order valence-electron chi connectivity index (χ3n) is 10.1. The number of hydrazine groups is 1. The molecule has 52 heavy (non-hydrogen) atoms. The molecule has 2 aromatic carbocycles. The first-order valence-electron chi connectivity index (χ1n) is 19.7. The molecule has 1 N–H and O–H groups in total. The lowest BCUT2D eigenvalue weighted by atomic mass is 9.88. The number of rotatable bonds is 10. The molecular weight excluding hydrogens is 772 g/mol. The van der Waals surface area contributed by atoms with Crippen molar-refractivity contribution in [3.63, 3.8) is 0 Å². The first-order valence-corrected chi connectivity index (χ1v) is 23.7. The average Bonchev–Trinajstić information content (AvgIpc) is 3.62. The Balaban J connectivity index is 0.00000116. The molecule has 0 spiro atoms. The van der Waals surface area contributed by atoms with Crippen LogP contribution in [0.15, 0.2) is 73.0 Å². The number of fused-ring (bicyclic) bond motifs is 1. The van der Waals surface area contributed by atoms with E-state index in [1.54, 1.807) is 7.11 Å². The van der Waals surface area contributed by atoms with Crippen LogP contribution in [0.25, 0.3) is 17.2 Å². The molecule has 284 valence electrons. The number of aromatic nitrogens is 1. The van der Waals surface area contributed by atoms with Crippen LogP contribution in [0.4, 0.5) is 5.69 Å². The van der Waals surface area contributed by atoms with Crippen molar-refractivity contribution in [2.75, 3.05) is 44.6 Å². The van der Waals surface area contributed by atoms with Crippen LogP contribution < -0.4 is 10.2 Å². The highest BCUT2D eigenvalue weighted by atomic mass is 127. The summed E-state index contributed by atoms with van der Waals surface area (Å²) in [6, 6.07) is 18.4. The number of halogens is 1. The van der Waals surface area contributed by atoms with E-state index < -0.39 is 0 Å². The van der Waals surface area contributed by atoms with Crippen molar-refractivity contribution in [2.24, 2.45) is 5.92 Å². The van der Waals surface area contributed by atoms with Gasteiger partial charge in [0, 0.05) is 62.0 Å². The van der Waals surface area contributed by atoms with Crippen LogP contribution in [-0.2, 0) is 11.3 Å². The molecule has 2 fully saturated rings. The summed E-state index contributed by atoms with van der Waals surface area (Å²) in [4.78, 5) is 7.29. The van der Waals surface area contributed by atoms with Gasteiger partial charge in [0.25, 0.3) is 0 Å². The third kappa shape index (κ3) is 11.8. The van der Waals surface area contributed by atoms with E-state index in [4.69, 9.17) is 4.74 Å². The van der Waals surface area contributed by atoms with E-state index in [9.17, 15) is 0 Å². The van der Waals surface area contributed by atoms with Crippen molar-refractivity contribution < 1.29 is 9.31 Å². The van der Waals surface area contributed by atoms with Gasteiger partial charge in [-0.2, -0.15) is 0 Å². The molecule has 2 unspecified atom stereocenters. The average molecular weight is 839 g/mol. The molecule has 0 radical (unpaired) electrons. The Morgan fingerprint density at radius 2 is 1.69 bits per heavy atom. The van der Waals surface area contributed by atoms with Gasteiger partial charge in [0.1, 0.15) is 13.1 Å². The molecular formula is C44H66IN5OP+. The number of hydrogen-bond acceptors (Lipinski definition) is 5. The summed E-state index contributed by atoms with van der Waals surface area (Å²) in [6.45, 7) is 26.7. The highest BCUT2D eigenvalue weighted by Crippen LogP contribution is 2.40.